The van der Waals surface area contributed by atoms with E-state index in [2.05, 4.69) is 4.98 Å². The third-order valence-corrected chi connectivity index (χ3v) is 3.53. The number of para-hydroxylation sites is 1. The molecule has 0 aliphatic heterocycles. The Balaban J connectivity index is 1.90. The lowest BCUT2D eigenvalue weighted by molar-refractivity contribution is 0.305. The predicted molar refractivity (Wildman–Crippen MR) is 74.9 cm³/mol. The molecular weight excluding hydrogens is 263 g/mol. The summed E-state index contributed by atoms with van der Waals surface area (Å²) in [5, 5.41) is 2.91. The summed E-state index contributed by atoms with van der Waals surface area (Å²) < 4.78 is 18.7. The highest BCUT2D eigenvalue weighted by atomic mass is 32.1. The molecule has 0 amide bonds. The zero-order valence-electron chi connectivity index (χ0n) is 11.0. The summed E-state index contributed by atoms with van der Waals surface area (Å²) in [6, 6.07) is 6.38. The molecule has 2 N–H and O–H groups in total. The van der Waals surface area contributed by atoms with E-state index in [4.69, 9.17) is 10.5 Å². The van der Waals surface area contributed by atoms with E-state index in [1.54, 1.807) is 29.5 Å². The molecule has 19 heavy (non-hydrogen) atoms. The van der Waals surface area contributed by atoms with Crippen molar-refractivity contribution in [1.29, 1.82) is 0 Å². The van der Waals surface area contributed by atoms with Gasteiger partial charge in [0.15, 0.2) is 11.6 Å². The Morgan fingerprint density at radius 1 is 1.37 bits per heavy atom. The van der Waals surface area contributed by atoms with Crippen LogP contribution in [0.3, 0.4) is 0 Å². The lowest BCUT2D eigenvalue weighted by atomic mass is 10.0. The van der Waals surface area contributed by atoms with Crippen molar-refractivity contribution in [2.24, 2.45) is 5.73 Å². The van der Waals surface area contributed by atoms with Gasteiger partial charge in [0.1, 0.15) is 0 Å². The summed E-state index contributed by atoms with van der Waals surface area (Å²) in [7, 11) is 0. The first-order valence-corrected chi connectivity index (χ1v) is 6.96. The number of thiazole rings is 1. The minimum atomic E-state index is -0.429. The molecule has 0 bridgehead atoms. The lowest BCUT2D eigenvalue weighted by Gasteiger charge is -2.14. The molecule has 1 heterocycles. The van der Waals surface area contributed by atoms with E-state index in [-0.39, 0.29) is 11.6 Å². The number of rotatable bonds is 5. The summed E-state index contributed by atoms with van der Waals surface area (Å²) in [6.07, 6.45) is 0.648. The quantitative estimate of drug-likeness (QED) is 0.915. The van der Waals surface area contributed by atoms with E-state index in [0.717, 1.165) is 10.7 Å². The molecule has 0 unspecified atom stereocenters. The molecule has 1 aromatic carbocycles. The van der Waals surface area contributed by atoms with Crippen molar-refractivity contribution in [3.05, 3.63) is 46.2 Å². The highest BCUT2D eigenvalue weighted by Gasteiger charge is 2.17. The van der Waals surface area contributed by atoms with Crippen LogP contribution in [-0.2, 0) is 12.0 Å². The van der Waals surface area contributed by atoms with Crippen molar-refractivity contribution in [1.82, 2.24) is 4.98 Å². The molecule has 0 saturated heterocycles. The molecule has 0 aliphatic carbocycles. The SMILES string of the molecule is CC(C)(N)c1csc(CCOc2ccccc2F)n1. The van der Waals surface area contributed by atoms with E-state index >= 15 is 0 Å². The second-order valence-electron chi connectivity index (χ2n) is 4.88. The van der Waals surface area contributed by atoms with Gasteiger partial charge in [-0.3, -0.25) is 0 Å². The third kappa shape index (κ3) is 3.75. The van der Waals surface area contributed by atoms with Crippen LogP contribution in [0.2, 0.25) is 0 Å². The van der Waals surface area contributed by atoms with Crippen LogP contribution in [0.15, 0.2) is 29.6 Å². The monoisotopic (exact) mass is 280 g/mol. The first-order valence-electron chi connectivity index (χ1n) is 6.08. The van der Waals surface area contributed by atoms with E-state index in [0.29, 0.717) is 13.0 Å². The molecule has 0 saturated carbocycles. The standard InChI is InChI=1S/C14H17FN2OS/c1-14(2,16)12-9-19-13(17-12)7-8-18-11-6-4-3-5-10(11)15/h3-6,9H,7-8,16H2,1-2H3. The number of halogens is 1. The maximum atomic E-state index is 13.3. The van der Waals surface area contributed by atoms with Crippen molar-refractivity contribution in [3.8, 4) is 5.75 Å². The smallest absolute Gasteiger partial charge is 0.165 e. The van der Waals surface area contributed by atoms with E-state index in [1.807, 2.05) is 19.2 Å². The van der Waals surface area contributed by atoms with Gasteiger partial charge in [-0.05, 0) is 26.0 Å². The Kier molecular flexibility index (Phi) is 4.17. The summed E-state index contributed by atoms with van der Waals surface area (Å²) in [5.74, 6) is -0.0659. The molecule has 0 radical (unpaired) electrons. The van der Waals surface area contributed by atoms with E-state index < -0.39 is 5.54 Å². The molecule has 1 aromatic heterocycles. The Morgan fingerprint density at radius 3 is 2.74 bits per heavy atom. The van der Waals surface area contributed by atoms with Crippen molar-refractivity contribution < 1.29 is 9.13 Å². The molecule has 0 aliphatic rings. The second kappa shape index (κ2) is 5.67. The number of nitrogens with two attached hydrogens (primary N) is 1. The average molecular weight is 280 g/mol. The number of aromatic nitrogens is 1. The van der Waals surface area contributed by atoms with Gasteiger partial charge < -0.3 is 10.5 Å². The number of nitrogens with zero attached hydrogens (tertiary/aromatic N) is 1. The Bertz CT molecular complexity index is 548. The normalized spacial score (nSPS) is 11.6. The molecule has 5 heteroatoms. The highest BCUT2D eigenvalue weighted by molar-refractivity contribution is 7.09. The van der Waals surface area contributed by atoms with Crippen molar-refractivity contribution in [2.75, 3.05) is 6.61 Å². The molecule has 2 aromatic rings. The van der Waals surface area contributed by atoms with Gasteiger partial charge in [0, 0.05) is 11.8 Å². The first kappa shape index (κ1) is 14.0. The second-order valence-corrected chi connectivity index (χ2v) is 5.82. The fourth-order valence-electron chi connectivity index (χ4n) is 1.53. The lowest BCUT2D eigenvalue weighted by Crippen LogP contribution is -2.29. The van der Waals surface area contributed by atoms with Gasteiger partial charge in [-0.15, -0.1) is 11.3 Å². The minimum Gasteiger partial charge on any atom is -0.490 e. The highest BCUT2D eigenvalue weighted by Crippen LogP contribution is 2.20. The molecule has 3 nitrogen and oxygen atoms in total. The van der Waals surface area contributed by atoms with Gasteiger partial charge in [0.05, 0.1) is 22.8 Å². The van der Waals surface area contributed by atoms with E-state index in [9.17, 15) is 4.39 Å². The molecule has 0 atom stereocenters. The minimum absolute atomic E-state index is 0.276. The van der Waals surface area contributed by atoms with Gasteiger partial charge in [-0.25, -0.2) is 9.37 Å². The fourth-order valence-corrected chi connectivity index (χ4v) is 2.49. The topological polar surface area (TPSA) is 48.1 Å². The number of ether oxygens (including phenoxy) is 1. The van der Waals surface area contributed by atoms with Crippen LogP contribution < -0.4 is 10.5 Å². The van der Waals surface area contributed by atoms with Crippen LogP contribution >= 0.6 is 11.3 Å². The number of benzene rings is 1. The van der Waals surface area contributed by atoms with Crippen molar-refractivity contribution in [2.45, 2.75) is 25.8 Å². The van der Waals surface area contributed by atoms with Crippen LogP contribution in [-0.4, -0.2) is 11.6 Å². The van der Waals surface area contributed by atoms with Gasteiger partial charge in [0.25, 0.3) is 0 Å². The molecule has 2 rings (SSSR count). The number of hydrogen-bond donors (Lipinski definition) is 1. The fraction of sp³-hybridized carbons (Fsp3) is 0.357. The van der Waals surface area contributed by atoms with Crippen LogP contribution in [0.4, 0.5) is 4.39 Å². The third-order valence-electron chi connectivity index (χ3n) is 2.62. The van der Waals surface area contributed by atoms with Gasteiger partial charge >= 0.3 is 0 Å². The van der Waals surface area contributed by atoms with Crippen LogP contribution in [0.1, 0.15) is 24.5 Å². The molecule has 0 spiro atoms. The Hall–Kier alpha value is -1.46. The summed E-state index contributed by atoms with van der Waals surface area (Å²) in [4.78, 5) is 4.45. The first-order chi connectivity index (χ1) is 8.97. The van der Waals surface area contributed by atoms with E-state index in [1.165, 1.54) is 6.07 Å². The predicted octanol–water partition coefficient (Wildman–Crippen LogP) is 3.10. The summed E-state index contributed by atoms with van der Waals surface area (Å²) in [5.41, 5.74) is 6.42. The Morgan fingerprint density at radius 2 is 2.11 bits per heavy atom. The summed E-state index contributed by atoms with van der Waals surface area (Å²) >= 11 is 1.55. The molecular formula is C14H17FN2OS. The molecule has 102 valence electrons. The van der Waals surface area contributed by atoms with Gasteiger partial charge in [0.2, 0.25) is 0 Å². The maximum absolute atomic E-state index is 13.3. The Labute approximate surface area is 116 Å². The zero-order chi connectivity index (χ0) is 13.9. The number of hydrogen-bond acceptors (Lipinski definition) is 4. The zero-order valence-corrected chi connectivity index (χ0v) is 11.8. The van der Waals surface area contributed by atoms with Crippen LogP contribution in [0.25, 0.3) is 0 Å². The van der Waals surface area contributed by atoms with Gasteiger partial charge in [-0.2, -0.15) is 0 Å². The average Bonchev–Trinajstić information content (AvgIpc) is 2.80. The van der Waals surface area contributed by atoms with Crippen LogP contribution in [0.5, 0.6) is 5.75 Å². The maximum Gasteiger partial charge on any atom is 0.165 e. The van der Waals surface area contributed by atoms with Crippen molar-refractivity contribution in [3.63, 3.8) is 0 Å². The van der Waals surface area contributed by atoms with Crippen molar-refractivity contribution >= 4 is 11.3 Å². The summed E-state index contributed by atoms with van der Waals surface area (Å²) in [6.45, 7) is 4.24. The molecule has 0 fully saturated rings. The largest absolute Gasteiger partial charge is 0.490 e. The van der Waals surface area contributed by atoms with Gasteiger partial charge in [-0.1, -0.05) is 12.1 Å². The van der Waals surface area contributed by atoms with Crippen LogP contribution in [0, 0.1) is 5.82 Å².